The molecule has 0 amide bonds. The molecule has 0 saturated carbocycles. The minimum absolute atomic E-state index is 0.0799. The minimum atomic E-state index is -0.349. The number of ether oxygens (including phenoxy) is 1. The summed E-state index contributed by atoms with van der Waals surface area (Å²) < 4.78 is 5.14. The molecule has 7 heteroatoms. The van der Waals surface area contributed by atoms with Crippen LogP contribution in [0.2, 0.25) is 0 Å². The molecule has 0 spiro atoms. The highest BCUT2D eigenvalue weighted by molar-refractivity contribution is 5.74. The average molecular weight is 356 g/mol. The molecule has 2 aromatic rings. The van der Waals surface area contributed by atoms with Gasteiger partial charge in [0.2, 0.25) is 0 Å². The molecule has 0 aliphatic carbocycles. The molecule has 0 radical (unpaired) electrons. The number of hydrogen-bond donors (Lipinski definition) is 1. The van der Waals surface area contributed by atoms with Crippen LogP contribution in [-0.2, 0) is 4.74 Å². The Morgan fingerprint density at radius 1 is 1.12 bits per heavy atom. The predicted octanol–water partition coefficient (Wildman–Crippen LogP) is 3.11. The number of nitro groups is 1. The van der Waals surface area contributed by atoms with Gasteiger partial charge in [0.15, 0.2) is 0 Å². The van der Waals surface area contributed by atoms with Crippen LogP contribution in [0.4, 0.5) is 22.7 Å². The van der Waals surface area contributed by atoms with E-state index in [1.54, 1.807) is 13.2 Å². The lowest BCUT2D eigenvalue weighted by Gasteiger charge is -2.36. The predicted molar refractivity (Wildman–Crippen MR) is 103 cm³/mol. The maximum Gasteiger partial charge on any atom is 0.292 e. The number of nitrogens with one attached hydrogen (secondary N) is 1. The maximum absolute atomic E-state index is 11.4. The van der Waals surface area contributed by atoms with Crippen LogP contribution in [0.25, 0.3) is 0 Å². The largest absolute Gasteiger partial charge is 0.383 e. The van der Waals surface area contributed by atoms with Gasteiger partial charge in [-0.05, 0) is 24.3 Å². The van der Waals surface area contributed by atoms with Crippen molar-refractivity contribution in [3.05, 3.63) is 58.6 Å². The summed E-state index contributed by atoms with van der Waals surface area (Å²) in [6.45, 7) is 5.39. The monoisotopic (exact) mass is 356 g/mol. The molecule has 1 aliphatic rings. The maximum atomic E-state index is 11.4. The van der Waals surface area contributed by atoms with Crippen molar-refractivity contribution in [1.82, 2.24) is 4.90 Å². The van der Waals surface area contributed by atoms with Crippen molar-refractivity contribution in [2.24, 2.45) is 0 Å². The number of hydrogen-bond acceptors (Lipinski definition) is 6. The first-order valence-corrected chi connectivity index (χ1v) is 8.74. The number of para-hydroxylation sites is 1. The van der Waals surface area contributed by atoms with Crippen molar-refractivity contribution in [3.63, 3.8) is 0 Å². The van der Waals surface area contributed by atoms with Gasteiger partial charge in [0.25, 0.3) is 5.69 Å². The van der Waals surface area contributed by atoms with Gasteiger partial charge in [-0.2, -0.15) is 0 Å². The van der Waals surface area contributed by atoms with Crippen molar-refractivity contribution in [2.75, 3.05) is 56.7 Å². The summed E-state index contributed by atoms with van der Waals surface area (Å²) in [6.07, 6.45) is 0. The Morgan fingerprint density at radius 2 is 1.85 bits per heavy atom. The summed E-state index contributed by atoms with van der Waals surface area (Å²) in [4.78, 5) is 15.7. The number of benzene rings is 2. The summed E-state index contributed by atoms with van der Waals surface area (Å²) in [6, 6.07) is 14.8. The molecule has 1 heterocycles. The molecule has 1 saturated heterocycles. The Hall–Kier alpha value is -2.64. The number of piperazine rings is 1. The van der Waals surface area contributed by atoms with E-state index in [1.165, 1.54) is 0 Å². The van der Waals surface area contributed by atoms with Gasteiger partial charge in [0.05, 0.1) is 11.5 Å². The van der Waals surface area contributed by atoms with Gasteiger partial charge >= 0.3 is 0 Å². The lowest BCUT2D eigenvalue weighted by molar-refractivity contribution is -0.383. The molecule has 1 N–H and O–H groups in total. The molecule has 1 aliphatic heterocycles. The molecular weight excluding hydrogens is 332 g/mol. The lowest BCUT2D eigenvalue weighted by atomic mass is 10.2. The van der Waals surface area contributed by atoms with Gasteiger partial charge < -0.3 is 15.0 Å². The quantitative estimate of drug-likeness (QED) is 0.607. The second-order valence-electron chi connectivity index (χ2n) is 6.27. The fraction of sp³-hybridized carbons (Fsp3) is 0.368. The summed E-state index contributed by atoms with van der Waals surface area (Å²) in [5, 5.41) is 14.6. The second-order valence-corrected chi connectivity index (χ2v) is 6.27. The van der Waals surface area contributed by atoms with E-state index >= 15 is 0 Å². The Morgan fingerprint density at radius 3 is 2.50 bits per heavy atom. The third-order valence-corrected chi connectivity index (χ3v) is 4.58. The molecule has 3 rings (SSSR count). The summed E-state index contributed by atoms with van der Waals surface area (Å²) in [5.41, 5.74) is 2.43. The molecule has 0 bridgehead atoms. The zero-order chi connectivity index (χ0) is 18.4. The Balaban J connectivity index is 1.75. The summed E-state index contributed by atoms with van der Waals surface area (Å²) in [5.74, 6) is 0. The number of nitrogens with zero attached hydrogens (tertiary/aromatic N) is 3. The molecule has 0 aromatic heterocycles. The third-order valence-electron chi connectivity index (χ3n) is 4.58. The van der Waals surface area contributed by atoms with Crippen LogP contribution in [0.15, 0.2) is 48.5 Å². The van der Waals surface area contributed by atoms with Crippen LogP contribution in [-0.4, -0.2) is 56.3 Å². The van der Waals surface area contributed by atoms with E-state index < -0.39 is 0 Å². The molecule has 2 aromatic carbocycles. The molecule has 26 heavy (non-hydrogen) atoms. The summed E-state index contributed by atoms with van der Waals surface area (Å²) in [7, 11) is 1.72. The van der Waals surface area contributed by atoms with Crippen LogP contribution in [0.5, 0.6) is 0 Å². The van der Waals surface area contributed by atoms with Crippen molar-refractivity contribution >= 4 is 22.7 Å². The molecule has 0 unspecified atom stereocenters. The van der Waals surface area contributed by atoms with Crippen LogP contribution < -0.4 is 10.2 Å². The fourth-order valence-corrected chi connectivity index (χ4v) is 3.11. The van der Waals surface area contributed by atoms with Crippen molar-refractivity contribution < 1.29 is 9.66 Å². The smallest absolute Gasteiger partial charge is 0.292 e. The third kappa shape index (κ3) is 4.50. The molecule has 1 fully saturated rings. The van der Waals surface area contributed by atoms with Crippen LogP contribution >= 0.6 is 0 Å². The van der Waals surface area contributed by atoms with Crippen LogP contribution in [0.1, 0.15) is 0 Å². The Labute approximate surface area is 153 Å². The number of methoxy groups -OCH3 is 1. The molecule has 0 atom stereocenters. The Kier molecular flexibility index (Phi) is 6.04. The first-order chi connectivity index (χ1) is 12.7. The van der Waals surface area contributed by atoms with Crippen molar-refractivity contribution in [3.8, 4) is 0 Å². The number of rotatable bonds is 7. The average Bonchev–Trinajstić information content (AvgIpc) is 2.67. The fourth-order valence-electron chi connectivity index (χ4n) is 3.11. The van der Waals surface area contributed by atoms with E-state index in [2.05, 4.69) is 15.1 Å². The summed E-state index contributed by atoms with van der Waals surface area (Å²) >= 11 is 0. The van der Waals surface area contributed by atoms with Gasteiger partial charge in [0.1, 0.15) is 5.69 Å². The lowest BCUT2D eigenvalue weighted by Crippen LogP contribution is -2.47. The Bertz CT molecular complexity index is 731. The van der Waals surface area contributed by atoms with Crippen molar-refractivity contribution in [1.29, 1.82) is 0 Å². The van der Waals surface area contributed by atoms with Crippen LogP contribution in [0.3, 0.4) is 0 Å². The zero-order valence-electron chi connectivity index (χ0n) is 14.9. The van der Waals surface area contributed by atoms with Gasteiger partial charge in [-0.3, -0.25) is 15.0 Å². The first kappa shape index (κ1) is 18.2. The minimum Gasteiger partial charge on any atom is -0.383 e. The SMILES string of the molecule is COCCN1CCN(c2ccc([N+](=O)[O-])c(Nc3ccccc3)c2)CC1. The molecule has 7 nitrogen and oxygen atoms in total. The van der Waals surface area contributed by atoms with Gasteiger partial charge in [0, 0.05) is 57.3 Å². The first-order valence-electron chi connectivity index (χ1n) is 8.74. The van der Waals surface area contributed by atoms with E-state index in [0.29, 0.717) is 5.69 Å². The van der Waals surface area contributed by atoms with Gasteiger partial charge in [-0.1, -0.05) is 18.2 Å². The highest BCUT2D eigenvalue weighted by atomic mass is 16.6. The van der Waals surface area contributed by atoms with Crippen molar-refractivity contribution in [2.45, 2.75) is 0 Å². The van der Waals surface area contributed by atoms with Gasteiger partial charge in [-0.15, -0.1) is 0 Å². The highest BCUT2D eigenvalue weighted by Gasteiger charge is 2.20. The van der Waals surface area contributed by atoms with E-state index in [1.807, 2.05) is 42.5 Å². The van der Waals surface area contributed by atoms with Crippen LogP contribution in [0, 0.1) is 10.1 Å². The van der Waals surface area contributed by atoms with E-state index in [0.717, 1.165) is 50.7 Å². The molecule has 138 valence electrons. The van der Waals surface area contributed by atoms with E-state index in [4.69, 9.17) is 4.74 Å². The topological polar surface area (TPSA) is 70.9 Å². The second kappa shape index (κ2) is 8.64. The number of anilines is 3. The van der Waals surface area contributed by atoms with E-state index in [9.17, 15) is 10.1 Å². The standard InChI is InChI=1S/C19H24N4O3/c1-26-14-13-21-9-11-22(12-10-21)17-7-8-19(23(24)25)18(15-17)20-16-5-3-2-4-6-16/h2-8,15,20H,9-14H2,1H3. The van der Waals surface area contributed by atoms with E-state index in [-0.39, 0.29) is 10.6 Å². The highest BCUT2D eigenvalue weighted by Crippen LogP contribution is 2.32. The number of nitro benzene ring substituents is 1. The zero-order valence-corrected chi connectivity index (χ0v) is 14.9. The molecular formula is C19H24N4O3. The van der Waals surface area contributed by atoms with Gasteiger partial charge in [-0.25, -0.2) is 0 Å². The normalized spacial score (nSPS) is 15.0.